The van der Waals surface area contributed by atoms with Gasteiger partial charge in [-0.15, -0.1) is 11.3 Å². The molecular formula is C12H9BrFIOS. The first kappa shape index (κ1) is 13.5. The Morgan fingerprint density at radius 1 is 1.35 bits per heavy atom. The Bertz CT molecular complexity index is 529. The van der Waals surface area contributed by atoms with Crippen LogP contribution in [0.1, 0.15) is 16.5 Å². The molecule has 1 nitrogen and oxygen atoms in total. The average Bonchev–Trinajstić information content (AvgIpc) is 2.63. The van der Waals surface area contributed by atoms with Crippen LogP contribution >= 0.6 is 49.9 Å². The van der Waals surface area contributed by atoms with Gasteiger partial charge in [-0.2, -0.15) is 0 Å². The van der Waals surface area contributed by atoms with Gasteiger partial charge in [0, 0.05) is 14.9 Å². The molecule has 1 atom stereocenters. The zero-order chi connectivity index (χ0) is 12.4. The van der Waals surface area contributed by atoms with Gasteiger partial charge in [0.25, 0.3) is 0 Å². The van der Waals surface area contributed by atoms with E-state index in [0.29, 0.717) is 6.42 Å². The molecule has 0 radical (unpaired) electrons. The predicted octanol–water partition coefficient (Wildman–Crippen LogP) is 4.53. The van der Waals surface area contributed by atoms with Gasteiger partial charge in [0.1, 0.15) is 5.82 Å². The second-order valence-corrected chi connectivity index (χ2v) is 7.30. The largest absolute Gasteiger partial charge is 0.388 e. The molecule has 1 N–H and O–H groups in total. The molecule has 0 aliphatic heterocycles. The van der Waals surface area contributed by atoms with Crippen molar-refractivity contribution in [3.8, 4) is 0 Å². The second kappa shape index (κ2) is 5.77. The summed E-state index contributed by atoms with van der Waals surface area (Å²) in [5.41, 5.74) is 0.775. The molecule has 1 aromatic heterocycles. The lowest BCUT2D eigenvalue weighted by Gasteiger charge is -2.11. The minimum atomic E-state index is -0.590. The van der Waals surface area contributed by atoms with Crippen molar-refractivity contribution in [2.45, 2.75) is 12.5 Å². The number of hydrogen-bond acceptors (Lipinski definition) is 2. The van der Waals surface area contributed by atoms with Gasteiger partial charge in [-0.05, 0) is 68.3 Å². The molecule has 2 aromatic rings. The van der Waals surface area contributed by atoms with Gasteiger partial charge in [-0.25, -0.2) is 4.39 Å². The van der Waals surface area contributed by atoms with Crippen molar-refractivity contribution in [1.82, 2.24) is 0 Å². The topological polar surface area (TPSA) is 20.2 Å². The Morgan fingerprint density at radius 3 is 2.71 bits per heavy atom. The van der Waals surface area contributed by atoms with E-state index in [1.165, 1.54) is 12.1 Å². The van der Waals surface area contributed by atoms with Crippen LogP contribution in [0.15, 0.2) is 34.1 Å². The van der Waals surface area contributed by atoms with Gasteiger partial charge < -0.3 is 5.11 Å². The number of halogens is 3. The number of benzene rings is 1. The van der Waals surface area contributed by atoms with E-state index in [0.717, 1.165) is 17.8 Å². The molecule has 0 amide bonds. The van der Waals surface area contributed by atoms with E-state index in [4.69, 9.17) is 0 Å². The third-order valence-corrected chi connectivity index (χ3v) is 4.93. The summed E-state index contributed by atoms with van der Waals surface area (Å²) in [6, 6.07) is 8.40. The number of aliphatic hydroxyl groups excluding tert-OH is 1. The number of rotatable bonds is 3. The van der Waals surface area contributed by atoms with Crippen molar-refractivity contribution in [3.05, 3.63) is 53.9 Å². The maximum Gasteiger partial charge on any atom is 0.124 e. The molecule has 90 valence electrons. The molecule has 0 saturated carbocycles. The Kier molecular flexibility index (Phi) is 4.57. The van der Waals surface area contributed by atoms with Crippen molar-refractivity contribution in [2.75, 3.05) is 0 Å². The van der Waals surface area contributed by atoms with Crippen molar-refractivity contribution in [2.24, 2.45) is 0 Å². The highest BCUT2D eigenvalue weighted by atomic mass is 127. The maximum atomic E-state index is 13.0. The van der Waals surface area contributed by atoms with Crippen LogP contribution in [-0.2, 0) is 6.42 Å². The molecule has 17 heavy (non-hydrogen) atoms. The first-order valence-corrected chi connectivity index (χ1v) is 7.62. The van der Waals surface area contributed by atoms with E-state index in [9.17, 15) is 9.50 Å². The molecule has 0 fully saturated rings. The van der Waals surface area contributed by atoms with Gasteiger partial charge in [0.15, 0.2) is 0 Å². The smallest absolute Gasteiger partial charge is 0.124 e. The van der Waals surface area contributed by atoms with Gasteiger partial charge in [0.2, 0.25) is 0 Å². The van der Waals surface area contributed by atoms with Gasteiger partial charge in [-0.3, -0.25) is 0 Å². The van der Waals surface area contributed by atoms with Crippen molar-refractivity contribution in [1.29, 1.82) is 0 Å². The van der Waals surface area contributed by atoms with E-state index in [-0.39, 0.29) is 5.82 Å². The van der Waals surface area contributed by atoms with E-state index in [1.54, 1.807) is 17.4 Å². The van der Waals surface area contributed by atoms with Crippen LogP contribution in [0, 0.1) is 9.39 Å². The summed E-state index contributed by atoms with van der Waals surface area (Å²) < 4.78 is 14.8. The summed E-state index contributed by atoms with van der Waals surface area (Å²) >= 11 is 7.03. The van der Waals surface area contributed by atoms with E-state index in [1.807, 2.05) is 34.7 Å². The van der Waals surface area contributed by atoms with Gasteiger partial charge in [-0.1, -0.05) is 6.07 Å². The first-order valence-electron chi connectivity index (χ1n) is 4.93. The predicted molar refractivity (Wildman–Crippen MR) is 79.8 cm³/mol. The van der Waals surface area contributed by atoms with Crippen LogP contribution in [0.3, 0.4) is 0 Å². The third-order valence-electron chi connectivity index (χ3n) is 2.34. The molecule has 0 aliphatic carbocycles. The van der Waals surface area contributed by atoms with Gasteiger partial charge in [0.05, 0.1) is 9.89 Å². The third kappa shape index (κ3) is 3.49. The molecule has 0 bridgehead atoms. The number of thiophene rings is 1. The molecule has 5 heteroatoms. The van der Waals surface area contributed by atoms with Crippen LogP contribution in [0.25, 0.3) is 0 Å². The van der Waals surface area contributed by atoms with Crippen molar-refractivity contribution >= 4 is 49.9 Å². The SMILES string of the molecule is OC(Cc1ccc(Br)s1)c1ccc(F)cc1I. The minimum absolute atomic E-state index is 0.274. The summed E-state index contributed by atoms with van der Waals surface area (Å²) in [6.45, 7) is 0. The van der Waals surface area contributed by atoms with Gasteiger partial charge >= 0.3 is 0 Å². The highest BCUT2D eigenvalue weighted by Crippen LogP contribution is 2.28. The number of hydrogen-bond donors (Lipinski definition) is 1. The zero-order valence-corrected chi connectivity index (χ0v) is 13.2. The molecule has 0 aliphatic rings. The molecule has 0 spiro atoms. The van der Waals surface area contributed by atoms with Crippen LogP contribution in [0.5, 0.6) is 0 Å². The maximum absolute atomic E-state index is 13.0. The Labute approximate surface area is 125 Å². The standard InChI is InChI=1S/C12H9BrFIOS/c13-12-4-2-8(17-12)6-11(16)9-3-1-7(14)5-10(9)15/h1-5,11,16H,6H2. The fourth-order valence-corrected chi connectivity index (χ4v) is 3.89. The summed E-state index contributed by atoms with van der Waals surface area (Å²) in [5, 5.41) is 10.1. The Balaban J connectivity index is 2.17. The lowest BCUT2D eigenvalue weighted by Crippen LogP contribution is -2.03. The van der Waals surface area contributed by atoms with Crippen LogP contribution in [0.2, 0.25) is 0 Å². The van der Waals surface area contributed by atoms with E-state index >= 15 is 0 Å². The van der Waals surface area contributed by atoms with E-state index < -0.39 is 6.10 Å². The summed E-state index contributed by atoms with van der Waals surface area (Å²) in [5.74, 6) is -0.274. The average molecular weight is 427 g/mol. The van der Waals surface area contributed by atoms with Crippen molar-refractivity contribution in [3.63, 3.8) is 0 Å². The molecular weight excluding hydrogens is 418 g/mol. The molecule has 0 saturated heterocycles. The Morgan fingerprint density at radius 2 is 2.12 bits per heavy atom. The Hall–Kier alpha value is 0.0200. The molecule has 1 heterocycles. The number of aliphatic hydroxyl groups is 1. The normalized spacial score (nSPS) is 12.7. The summed E-state index contributed by atoms with van der Waals surface area (Å²) in [6.07, 6.45) is -0.0363. The van der Waals surface area contributed by atoms with Crippen LogP contribution in [-0.4, -0.2) is 5.11 Å². The lowest BCUT2D eigenvalue weighted by molar-refractivity contribution is 0.178. The monoisotopic (exact) mass is 426 g/mol. The van der Waals surface area contributed by atoms with Crippen LogP contribution < -0.4 is 0 Å². The van der Waals surface area contributed by atoms with E-state index in [2.05, 4.69) is 15.9 Å². The quantitative estimate of drug-likeness (QED) is 0.715. The van der Waals surface area contributed by atoms with Crippen molar-refractivity contribution < 1.29 is 9.50 Å². The lowest BCUT2D eigenvalue weighted by atomic mass is 10.1. The fraction of sp³-hybridized carbons (Fsp3) is 0.167. The second-order valence-electron chi connectivity index (χ2n) is 3.59. The minimum Gasteiger partial charge on any atom is -0.388 e. The molecule has 1 aromatic carbocycles. The molecule has 2 rings (SSSR count). The summed E-state index contributed by atoms with van der Waals surface area (Å²) in [4.78, 5) is 1.10. The zero-order valence-electron chi connectivity index (χ0n) is 8.66. The summed E-state index contributed by atoms with van der Waals surface area (Å²) in [7, 11) is 0. The highest BCUT2D eigenvalue weighted by Gasteiger charge is 2.13. The van der Waals surface area contributed by atoms with Crippen LogP contribution in [0.4, 0.5) is 4.39 Å². The fourth-order valence-electron chi connectivity index (χ4n) is 1.53. The first-order chi connectivity index (χ1) is 8.06. The highest BCUT2D eigenvalue weighted by molar-refractivity contribution is 14.1. The molecule has 1 unspecified atom stereocenters.